The van der Waals surface area contributed by atoms with Gasteiger partial charge in [-0.2, -0.15) is 0 Å². The lowest BCUT2D eigenvalue weighted by Gasteiger charge is -2.24. The number of urea groups is 1. The van der Waals surface area contributed by atoms with Gasteiger partial charge in [0.15, 0.2) is 0 Å². The molecule has 1 aliphatic carbocycles. The molecule has 1 unspecified atom stereocenters. The molecule has 0 bridgehead atoms. The number of carbonyl (C=O) groups is 2. The predicted octanol–water partition coefficient (Wildman–Crippen LogP) is 3.13. The third-order valence-electron chi connectivity index (χ3n) is 5.49. The van der Waals surface area contributed by atoms with E-state index >= 15 is 0 Å². The first kappa shape index (κ1) is 16.8. The molecule has 5 heteroatoms. The highest BCUT2D eigenvalue weighted by molar-refractivity contribution is 5.79. The number of aliphatic carboxylic acids is 1. The van der Waals surface area contributed by atoms with Crippen LogP contribution in [0.15, 0.2) is 18.2 Å². The van der Waals surface area contributed by atoms with Crippen LogP contribution in [0, 0.1) is 5.41 Å². The number of amides is 2. The van der Waals surface area contributed by atoms with Gasteiger partial charge in [-0.15, -0.1) is 0 Å². The first-order valence-corrected chi connectivity index (χ1v) is 8.79. The Kier molecular flexibility index (Phi) is 4.52. The minimum atomic E-state index is -0.833. The molecule has 2 amide bonds. The molecule has 0 aromatic heterocycles. The summed E-state index contributed by atoms with van der Waals surface area (Å²) in [6.45, 7) is 4.45. The van der Waals surface area contributed by atoms with Crippen molar-refractivity contribution in [2.45, 2.75) is 52.0 Å². The number of benzene rings is 1. The second-order valence-electron chi connectivity index (χ2n) is 7.44. The number of fused-ring (bicyclic) bond motifs is 1. The van der Waals surface area contributed by atoms with Crippen LogP contribution in [-0.4, -0.2) is 35.1 Å². The highest BCUT2D eigenvalue weighted by atomic mass is 16.4. The van der Waals surface area contributed by atoms with Gasteiger partial charge in [-0.05, 0) is 62.6 Å². The van der Waals surface area contributed by atoms with Gasteiger partial charge in [0.2, 0.25) is 0 Å². The molecule has 1 heterocycles. The second kappa shape index (κ2) is 6.46. The van der Waals surface area contributed by atoms with Crippen molar-refractivity contribution in [2.75, 3.05) is 13.1 Å². The summed E-state index contributed by atoms with van der Waals surface area (Å²) < 4.78 is 0. The van der Waals surface area contributed by atoms with Gasteiger partial charge in [0, 0.05) is 13.1 Å². The lowest BCUT2D eigenvalue weighted by molar-refractivity contribution is -0.146. The van der Waals surface area contributed by atoms with Gasteiger partial charge in [-0.3, -0.25) is 4.79 Å². The number of carboxylic acid groups (broad SMARTS) is 1. The molecule has 5 nitrogen and oxygen atoms in total. The van der Waals surface area contributed by atoms with E-state index < -0.39 is 11.4 Å². The monoisotopic (exact) mass is 330 g/mol. The summed E-state index contributed by atoms with van der Waals surface area (Å²) in [5, 5.41) is 12.3. The molecular formula is C19H26N2O3. The normalized spacial score (nSPS) is 24.3. The van der Waals surface area contributed by atoms with Gasteiger partial charge >= 0.3 is 12.0 Å². The van der Waals surface area contributed by atoms with Crippen LogP contribution >= 0.6 is 0 Å². The summed E-state index contributed by atoms with van der Waals surface area (Å²) in [6, 6.07) is 6.24. The standard InChI is InChI=1S/C19H26N2O3/c1-13(15-8-7-14-5-3-4-6-16(14)11-15)20-18(24)21-10-9-19(2,12-21)17(22)23/h7-8,11,13H,3-6,9-10,12H2,1-2H3,(H,20,24)(H,22,23)/t13-,19?/m0/s1. The Morgan fingerprint density at radius 1 is 1.25 bits per heavy atom. The Morgan fingerprint density at radius 3 is 2.62 bits per heavy atom. The van der Waals surface area contributed by atoms with E-state index in [1.165, 1.54) is 24.0 Å². The van der Waals surface area contributed by atoms with Crippen molar-refractivity contribution in [3.63, 3.8) is 0 Å². The smallest absolute Gasteiger partial charge is 0.317 e. The molecule has 130 valence electrons. The van der Waals surface area contributed by atoms with E-state index in [9.17, 15) is 14.7 Å². The molecule has 2 aliphatic rings. The number of nitrogens with zero attached hydrogens (tertiary/aromatic N) is 1. The van der Waals surface area contributed by atoms with E-state index in [0.717, 1.165) is 18.4 Å². The minimum Gasteiger partial charge on any atom is -0.481 e. The van der Waals surface area contributed by atoms with Gasteiger partial charge in [0.1, 0.15) is 0 Å². The molecular weight excluding hydrogens is 304 g/mol. The molecule has 1 aromatic rings. The quantitative estimate of drug-likeness (QED) is 0.894. The van der Waals surface area contributed by atoms with Gasteiger partial charge in [0.25, 0.3) is 0 Å². The number of likely N-dealkylation sites (tertiary alicyclic amines) is 1. The first-order valence-electron chi connectivity index (χ1n) is 8.79. The molecule has 0 saturated carbocycles. The van der Waals surface area contributed by atoms with Gasteiger partial charge in [-0.1, -0.05) is 18.2 Å². The van der Waals surface area contributed by atoms with Gasteiger partial charge in [-0.25, -0.2) is 4.79 Å². The van der Waals surface area contributed by atoms with Crippen LogP contribution in [0.25, 0.3) is 0 Å². The summed E-state index contributed by atoms with van der Waals surface area (Å²) in [6.07, 6.45) is 5.27. The second-order valence-corrected chi connectivity index (χ2v) is 7.44. The van der Waals surface area contributed by atoms with Gasteiger partial charge in [0.05, 0.1) is 11.5 Å². The molecule has 24 heavy (non-hydrogen) atoms. The van der Waals surface area contributed by atoms with Crippen molar-refractivity contribution in [1.29, 1.82) is 0 Å². The van der Waals surface area contributed by atoms with Crippen molar-refractivity contribution >= 4 is 12.0 Å². The topological polar surface area (TPSA) is 69.6 Å². The van der Waals surface area contributed by atoms with Crippen LogP contribution < -0.4 is 5.32 Å². The summed E-state index contributed by atoms with van der Waals surface area (Å²) >= 11 is 0. The maximum atomic E-state index is 12.5. The van der Waals surface area contributed by atoms with E-state index in [1.807, 2.05) is 6.92 Å². The number of hydrogen-bond donors (Lipinski definition) is 2. The van der Waals surface area contributed by atoms with Crippen molar-refractivity contribution in [3.8, 4) is 0 Å². The van der Waals surface area contributed by atoms with E-state index in [2.05, 4.69) is 23.5 Å². The van der Waals surface area contributed by atoms with Gasteiger partial charge < -0.3 is 15.3 Å². The number of carboxylic acids is 1. The molecule has 1 aromatic carbocycles. The van der Waals surface area contributed by atoms with Crippen LogP contribution in [0.4, 0.5) is 4.79 Å². The molecule has 3 rings (SSSR count). The third-order valence-corrected chi connectivity index (χ3v) is 5.49. The Morgan fingerprint density at radius 2 is 1.96 bits per heavy atom. The zero-order valence-corrected chi connectivity index (χ0v) is 14.5. The largest absolute Gasteiger partial charge is 0.481 e. The molecule has 0 radical (unpaired) electrons. The molecule has 1 saturated heterocycles. The summed E-state index contributed by atoms with van der Waals surface area (Å²) in [5.41, 5.74) is 3.12. The average molecular weight is 330 g/mol. The highest BCUT2D eigenvalue weighted by Gasteiger charge is 2.42. The number of carbonyl (C=O) groups excluding carboxylic acids is 1. The average Bonchev–Trinajstić information content (AvgIpc) is 2.98. The molecule has 0 spiro atoms. The van der Waals surface area contributed by atoms with Crippen molar-refractivity contribution in [3.05, 3.63) is 34.9 Å². The van der Waals surface area contributed by atoms with Crippen LogP contribution in [0.2, 0.25) is 0 Å². The third kappa shape index (κ3) is 3.25. The fraction of sp³-hybridized carbons (Fsp3) is 0.579. The lowest BCUT2D eigenvalue weighted by atomic mass is 9.89. The molecule has 2 atom stereocenters. The highest BCUT2D eigenvalue weighted by Crippen LogP contribution is 2.30. The Bertz CT molecular complexity index is 658. The van der Waals surface area contributed by atoms with Crippen LogP contribution in [0.5, 0.6) is 0 Å². The van der Waals surface area contributed by atoms with Crippen LogP contribution in [0.1, 0.15) is 55.8 Å². The number of hydrogen-bond acceptors (Lipinski definition) is 2. The zero-order valence-electron chi connectivity index (χ0n) is 14.5. The van der Waals surface area contributed by atoms with E-state index in [1.54, 1.807) is 11.8 Å². The van der Waals surface area contributed by atoms with Crippen LogP contribution in [0.3, 0.4) is 0 Å². The summed E-state index contributed by atoms with van der Waals surface area (Å²) in [4.78, 5) is 25.4. The fourth-order valence-electron chi connectivity index (χ4n) is 3.69. The van der Waals surface area contributed by atoms with E-state index in [0.29, 0.717) is 13.0 Å². The molecule has 1 fully saturated rings. The SMILES string of the molecule is C[C@H](NC(=O)N1CCC(C)(C(=O)O)C1)c1ccc2c(c1)CCCC2. The summed E-state index contributed by atoms with van der Waals surface area (Å²) in [7, 11) is 0. The Labute approximate surface area is 143 Å². The molecule has 2 N–H and O–H groups in total. The number of rotatable bonds is 3. The minimum absolute atomic E-state index is 0.0820. The van der Waals surface area contributed by atoms with E-state index in [4.69, 9.17) is 0 Å². The first-order chi connectivity index (χ1) is 11.4. The predicted molar refractivity (Wildman–Crippen MR) is 92.0 cm³/mol. The van der Waals surface area contributed by atoms with Crippen molar-refractivity contribution in [1.82, 2.24) is 10.2 Å². The molecule has 1 aliphatic heterocycles. The Hall–Kier alpha value is -2.04. The van der Waals surface area contributed by atoms with E-state index in [-0.39, 0.29) is 18.6 Å². The maximum Gasteiger partial charge on any atom is 0.317 e. The number of aryl methyl sites for hydroxylation is 2. The van der Waals surface area contributed by atoms with Crippen molar-refractivity contribution in [2.24, 2.45) is 5.41 Å². The summed E-state index contributed by atoms with van der Waals surface area (Å²) in [5.74, 6) is -0.833. The Balaban J connectivity index is 1.64. The number of nitrogens with one attached hydrogen (secondary N) is 1. The zero-order chi connectivity index (χ0) is 17.3. The fourth-order valence-corrected chi connectivity index (χ4v) is 3.69. The van der Waals surface area contributed by atoms with Crippen molar-refractivity contribution < 1.29 is 14.7 Å². The lowest BCUT2D eigenvalue weighted by Crippen LogP contribution is -2.41. The maximum absolute atomic E-state index is 12.5. The van der Waals surface area contributed by atoms with Crippen LogP contribution in [-0.2, 0) is 17.6 Å².